The zero-order chi connectivity index (χ0) is 26.9. The van der Waals surface area contributed by atoms with E-state index >= 15 is 0 Å². The van der Waals surface area contributed by atoms with Crippen LogP contribution in [0.15, 0.2) is 71.7 Å². The first-order valence-electron chi connectivity index (χ1n) is 11.2. The van der Waals surface area contributed by atoms with E-state index in [0.29, 0.717) is 22.9 Å². The molecule has 1 aliphatic carbocycles. The highest BCUT2D eigenvalue weighted by molar-refractivity contribution is 6.30. The number of nitrogens with zero attached hydrogens (tertiary/aromatic N) is 6. The Morgan fingerprint density at radius 3 is 2.50 bits per heavy atom. The van der Waals surface area contributed by atoms with Crippen LogP contribution in [0, 0.1) is 0 Å². The van der Waals surface area contributed by atoms with Crippen LogP contribution < -0.4 is 15.6 Å². The summed E-state index contributed by atoms with van der Waals surface area (Å²) in [7, 11) is 0. The molecule has 14 heteroatoms. The van der Waals surface area contributed by atoms with Crippen LogP contribution in [0.25, 0.3) is 11.2 Å². The molecule has 0 fully saturated rings. The first kappa shape index (κ1) is 25.7. The van der Waals surface area contributed by atoms with Gasteiger partial charge in [-0.3, -0.25) is 9.36 Å². The summed E-state index contributed by atoms with van der Waals surface area (Å²) < 4.78 is 47.4. The summed E-state index contributed by atoms with van der Waals surface area (Å²) >= 11 is 11.7. The molecule has 196 valence electrons. The molecule has 5 rings (SSSR count). The molecule has 38 heavy (non-hydrogen) atoms. The fourth-order valence-corrected chi connectivity index (χ4v) is 4.10. The van der Waals surface area contributed by atoms with E-state index in [4.69, 9.17) is 27.9 Å². The van der Waals surface area contributed by atoms with E-state index in [0.717, 1.165) is 16.5 Å². The van der Waals surface area contributed by atoms with E-state index in [9.17, 15) is 18.0 Å². The van der Waals surface area contributed by atoms with Gasteiger partial charge in [0.2, 0.25) is 11.2 Å². The summed E-state index contributed by atoms with van der Waals surface area (Å²) in [6.45, 7) is -1.19. The van der Waals surface area contributed by atoms with E-state index in [1.54, 1.807) is 41.0 Å². The third-order valence-corrected chi connectivity index (χ3v) is 5.99. The summed E-state index contributed by atoms with van der Waals surface area (Å²) in [6.07, 6.45) is 4.96. The molecule has 0 saturated heterocycles. The van der Waals surface area contributed by atoms with Crippen LogP contribution in [0.1, 0.15) is 12.0 Å². The second-order valence-electron chi connectivity index (χ2n) is 8.34. The molecule has 3 aromatic heterocycles. The summed E-state index contributed by atoms with van der Waals surface area (Å²) in [5.41, 5.74) is 0.384. The highest BCUT2D eigenvalue weighted by Crippen LogP contribution is 2.24. The van der Waals surface area contributed by atoms with Gasteiger partial charge in [0.25, 0.3) is 0 Å². The van der Waals surface area contributed by atoms with Gasteiger partial charge in [0.05, 0.1) is 25.3 Å². The van der Waals surface area contributed by atoms with Gasteiger partial charge in [-0.1, -0.05) is 29.8 Å². The predicted octanol–water partition coefficient (Wildman–Crippen LogP) is 5.00. The highest BCUT2D eigenvalue weighted by atomic mass is 35.5. The molecule has 0 radical (unpaired) electrons. The van der Waals surface area contributed by atoms with Crippen LogP contribution in [-0.4, -0.2) is 41.4 Å². The number of rotatable bonds is 7. The monoisotopic (exact) mass is 563 g/mol. The molecule has 1 aromatic carbocycles. The maximum absolute atomic E-state index is 13.1. The van der Waals surface area contributed by atoms with E-state index in [2.05, 4.69) is 25.3 Å². The summed E-state index contributed by atoms with van der Waals surface area (Å²) in [5.74, 6) is 0.573. The molecule has 1 unspecified atom stereocenters. The Labute approximate surface area is 223 Å². The molecule has 1 atom stereocenters. The van der Waals surface area contributed by atoms with Crippen molar-refractivity contribution in [3.63, 3.8) is 0 Å². The van der Waals surface area contributed by atoms with Gasteiger partial charge in [0, 0.05) is 17.1 Å². The number of ether oxygens (including phenoxy) is 1. The van der Waals surface area contributed by atoms with Crippen LogP contribution in [0.2, 0.25) is 10.3 Å². The van der Waals surface area contributed by atoms with Crippen molar-refractivity contribution in [2.24, 2.45) is 0 Å². The number of aromatic nitrogens is 6. The number of halogens is 5. The maximum Gasteiger partial charge on any atom is 0.406 e. The second-order valence-corrected chi connectivity index (χ2v) is 9.11. The lowest BCUT2D eigenvalue weighted by atomic mass is 10.1. The number of benzene rings is 1. The largest absolute Gasteiger partial charge is 0.483 e. The van der Waals surface area contributed by atoms with Crippen LogP contribution in [-0.2, 0) is 13.1 Å². The van der Waals surface area contributed by atoms with E-state index in [-0.39, 0.29) is 35.0 Å². The van der Waals surface area contributed by atoms with Crippen molar-refractivity contribution < 1.29 is 17.9 Å². The number of hydrogen-bond acceptors (Lipinski definition) is 7. The van der Waals surface area contributed by atoms with Crippen molar-refractivity contribution in [2.45, 2.75) is 31.8 Å². The molecule has 0 amide bonds. The lowest BCUT2D eigenvalue weighted by molar-refractivity contribution is -0.140. The second kappa shape index (κ2) is 10.5. The minimum Gasteiger partial charge on any atom is -0.483 e. The number of alkyl halides is 3. The van der Waals surface area contributed by atoms with Crippen LogP contribution in [0.4, 0.5) is 19.1 Å². The fraction of sp³-hybridized carbons (Fsp3) is 0.208. The van der Waals surface area contributed by atoms with Gasteiger partial charge >= 0.3 is 11.7 Å². The minimum absolute atomic E-state index is 0.0658. The normalized spacial score (nSPS) is 15.5. The number of fused-ring (bicyclic) bond motifs is 1. The van der Waals surface area contributed by atoms with Gasteiger partial charge in [-0.2, -0.15) is 18.2 Å². The Morgan fingerprint density at radius 2 is 1.84 bits per heavy atom. The van der Waals surface area contributed by atoms with Crippen molar-refractivity contribution in [1.29, 1.82) is 0 Å². The third kappa shape index (κ3) is 5.97. The Balaban J connectivity index is 1.44. The standard InChI is InChI=1S/C24H18Cl2F3N7O2/c25-15-3-1-14(2-4-15)11-36-20-19(35(13-32-20)12-24(27,28)29)21(37)34-23(36)33-16-5-7-17(8-6-16)38-18-9-30-22(26)31-10-18/h1-7,9-10,13,17H,8,11-12H2,(H,33,34,37). The van der Waals surface area contributed by atoms with Gasteiger partial charge in [-0.05, 0) is 41.4 Å². The van der Waals surface area contributed by atoms with Gasteiger partial charge < -0.3 is 14.6 Å². The first-order valence-corrected chi connectivity index (χ1v) is 12.0. The number of allylic oxidation sites excluding steroid dienone is 1. The number of imidazole rings is 1. The summed E-state index contributed by atoms with van der Waals surface area (Å²) in [6, 6.07) is 6.92. The Bertz CT molecular complexity index is 1580. The topological polar surface area (TPSA) is 99.8 Å². The number of nitrogens with one attached hydrogen (secondary N) is 1. The lowest BCUT2D eigenvalue weighted by Gasteiger charge is -2.20. The summed E-state index contributed by atoms with van der Waals surface area (Å²) in [4.78, 5) is 28.8. The van der Waals surface area contributed by atoms with Crippen LogP contribution in [0.3, 0.4) is 0 Å². The molecule has 1 N–H and O–H groups in total. The Hall–Kier alpha value is -3.90. The average molecular weight is 564 g/mol. The average Bonchev–Trinajstić information content (AvgIpc) is 3.28. The van der Waals surface area contributed by atoms with E-state index < -0.39 is 18.3 Å². The minimum atomic E-state index is -4.54. The molecular weight excluding hydrogens is 546 g/mol. The summed E-state index contributed by atoms with van der Waals surface area (Å²) in [5, 5.41) is 3.74. The zero-order valence-corrected chi connectivity index (χ0v) is 20.9. The molecule has 3 heterocycles. The SMILES string of the molecule is O=c1nc(NC2=CCC(Oc3cnc(Cl)nc3)C=C2)n(Cc2ccc(Cl)cc2)c2ncn(CC(F)(F)F)c12. The molecule has 0 bridgehead atoms. The molecule has 4 aromatic rings. The van der Waals surface area contributed by atoms with Crippen molar-refractivity contribution in [3.8, 4) is 5.75 Å². The number of hydrogen-bond donors (Lipinski definition) is 1. The van der Waals surface area contributed by atoms with E-state index in [1.807, 2.05) is 6.08 Å². The highest BCUT2D eigenvalue weighted by Gasteiger charge is 2.30. The van der Waals surface area contributed by atoms with Crippen LogP contribution >= 0.6 is 23.2 Å². The van der Waals surface area contributed by atoms with Crippen molar-refractivity contribution in [2.75, 3.05) is 5.32 Å². The third-order valence-electron chi connectivity index (χ3n) is 5.54. The molecule has 0 spiro atoms. The predicted molar refractivity (Wildman–Crippen MR) is 135 cm³/mol. The van der Waals surface area contributed by atoms with E-state index in [1.165, 1.54) is 12.4 Å². The maximum atomic E-state index is 13.1. The molecular formula is C24H18Cl2F3N7O2. The van der Waals surface area contributed by atoms with Gasteiger partial charge in [0.15, 0.2) is 16.9 Å². The smallest absolute Gasteiger partial charge is 0.406 e. The van der Waals surface area contributed by atoms with Crippen LogP contribution in [0.5, 0.6) is 5.75 Å². The quantitative estimate of drug-likeness (QED) is 0.316. The van der Waals surface area contributed by atoms with Gasteiger partial charge in [-0.15, -0.1) is 0 Å². The fourth-order valence-electron chi connectivity index (χ4n) is 3.87. The van der Waals surface area contributed by atoms with Crippen molar-refractivity contribution in [1.82, 2.24) is 29.1 Å². The van der Waals surface area contributed by atoms with Crippen molar-refractivity contribution in [3.05, 3.63) is 93.1 Å². The first-order chi connectivity index (χ1) is 18.1. The molecule has 0 aliphatic heterocycles. The zero-order valence-electron chi connectivity index (χ0n) is 19.4. The number of anilines is 1. The molecule has 0 saturated carbocycles. The van der Waals surface area contributed by atoms with Gasteiger partial charge in [-0.25, -0.2) is 15.0 Å². The molecule has 1 aliphatic rings. The Morgan fingerprint density at radius 1 is 1.11 bits per heavy atom. The molecule has 9 nitrogen and oxygen atoms in total. The Kier molecular flexibility index (Phi) is 7.09. The lowest BCUT2D eigenvalue weighted by Crippen LogP contribution is -2.24. The van der Waals surface area contributed by atoms with Crippen molar-refractivity contribution >= 4 is 40.3 Å². The van der Waals surface area contributed by atoms with Gasteiger partial charge in [0.1, 0.15) is 12.6 Å².